The van der Waals surface area contributed by atoms with E-state index in [4.69, 9.17) is 9.47 Å². The second-order valence-electron chi connectivity index (χ2n) is 4.81. The van der Waals surface area contributed by atoms with Crippen molar-refractivity contribution >= 4 is 0 Å². The third-order valence-corrected chi connectivity index (χ3v) is 3.42. The van der Waals surface area contributed by atoms with Crippen molar-refractivity contribution in [3.05, 3.63) is 24.3 Å². The van der Waals surface area contributed by atoms with Crippen LogP contribution in [0.15, 0.2) is 24.3 Å². The van der Waals surface area contributed by atoms with Crippen LogP contribution in [-0.2, 0) is 0 Å². The quantitative estimate of drug-likeness (QED) is 0.827. The molecule has 3 nitrogen and oxygen atoms in total. The van der Waals surface area contributed by atoms with Gasteiger partial charge in [0.15, 0.2) is 0 Å². The largest absolute Gasteiger partial charge is 0.494 e. The summed E-state index contributed by atoms with van der Waals surface area (Å²) in [7, 11) is 0. The van der Waals surface area contributed by atoms with Crippen LogP contribution in [0.2, 0.25) is 0 Å². The molecule has 1 aromatic rings. The molecular formula is C15H24NO2+. The zero-order valence-electron chi connectivity index (χ0n) is 11.3. The average Bonchev–Trinajstić information content (AvgIpc) is 2.42. The van der Waals surface area contributed by atoms with Crippen molar-refractivity contribution in [1.82, 2.24) is 0 Å². The Kier molecular flexibility index (Phi) is 5.34. The number of quaternary nitrogens is 1. The SMILES string of the molecule is CCOc1ccc(OCC[NH+]2CCCCC2)cc1. The Labute approximate surface area is 110 Å². The number of piperidine rings is 1. The highest BCUT2D eigenvalue weighted by Crippen LogP contribution is 2.17. The predicted molar refractivity (Wildman–Crippen MR) is 72.5 cm³/mol. The van der Waals surface area contributed by atoms with Crippen molar-refractivity contribution in [1.29, 1.82) is 0 Å². The second kappa shape index (κ2) is 7.27. The molecule has 0 radical (unpaired) electrons. The number of hydrogen-bond acceptors (Lipinski definition) is 2. The van der Waals surface area contributed by atoms with E-state index in [-0.39, 0.29) is 0 Å². The van der Waals surface area contributed by atoms with Gasteiger partial charge in [0.25, 0.3) is 0 Å². The molecule has 0 bridgehead atoms. The van der Waals surface area contributed by atoms with Crippen molar-refractivity contribution in [2.45, 2.75) is 26.2 Å². The zero-order valence-corrected chi connectivity index (χ0v) is 11.3. The van der Waals surface area contributed by atoms with Gasteiger partial charge in [0.2, 0.25) is 0 Å². The van der Waals surface area contributed by atoms with Crippen LogP contribution in [0.25, 0.3) is 0 Å². The van der Waals surface area contributed by atoms with E-state index in [9.17, 15) is 0 Å². The van der Waals surface area contributed by atoms with Gasteiger partial charge in [-0.25, -0.2) is 0 Å². The van der Waals surface area contributed by atoms with Crippen molar-refractivity contribution in [3.63, 3.8) is 0 Å². The van der Waals surface area contributed by atoms with Crippen LogP contribution >= 0.6 is 0 Å². The third kappa shape index (κ3) is 4.22. The molecule has 0 aromatic heterocycles. The van der Waals surface area contributed by atoms with Crippen LogP contribution in [0.5, 0.6) is 11.5 Å². The van der Waals surface area contributed by atoms with Crippen LogP contribution in [0.1, 0.15) is 26.2 Å². The van der Waals surface area contributed by atoms with E-state index < -0.39 is 0 Å². The molecule has 1 fully saturated rings. The molecule has 0 saturated carbocycles. The molecule has 1 aliphatic rings. The lowest BCUT2D eigenvalue weighted by atomic mass is 10.1. The predicted octanol–water partition coefficient (Wildman–Crippen LogP) is 1.53. The highest BCUT2D eigenvalue weighted by molar-refractivity contribution is 5.31. The van der Waals surface area contributed by atoms with Crippen LogP contribution in [0.3, 0.4) is 0 Å². The Morgan fingerprint density at radius 2 is 1.56 bits per heavy atom. The molecule has 1 saturated heterocycles. The Morgan fingerprint density at radius 1 is 0.944 bits per heavy atom. The van der Waals surface area contributed by atoms with Gasteiger partial charge >= 0.3 is 0 Å². The maximum Gasteiger partial charge on any atom is 0.137 e. The van der Waals surface area contributed by atoms with Gasteiger partial charge in [0, 0.05) is 0 Å². The molecule has 1 aliphatic heterocycles. The minimum Gasteiger partial charge on any atom is -0.494 e. The van der Waals surface area contributed by atoms with Crippen LogP contribution in [0.4, 0.5) is 0 Å². The molecular weight excluding hydrogens is 226 g/mol. The maximum atomic E-state index is 5.77. The molecule has 0 amide bonds. The summed E-state index contributed by atoms with van der Waals surface area (Å²) in [5, 5.41) is 0. The fourth-order valence-electron chi connectivity index (χ4n) is 2.41. The first-order valence-corrected chi connectivity index (χ1v) is 7.07. The van der Waals surface area contributed by atoms with E-state index in [1.54, 1.807) is 4.90 Å². The number of benzene rings is 1. The third-order valence-electron chi connectivity index (χ3n) is 3.42. The lowest BCUT2D eigenvalue weighted by molar-refractivity contribution is -0.904. The van der Waals surface area contributed by atoms with Gasteiger partial charge < -0.3 is 14.4 Å². The summed E-state index contributed by atoms with van der Waals surface area (Å²) in [6.45, 7) is 7.25. The van der Waals surface area contributed by atoms with E-state index in [1.165, 1.54) is 32.4 Å². The normalized spacial score (nSPS) is 16.5. The van der Waals surface area contributed by atoms with Gasteiger partial charge in [-0.15, -0.1) is 0 Å². The summed E-state index contributed by atoms with van der Waals surface area (Å²) in [6.07, 6.45) is 4.15. The first-order chi connectivity index (χ1) is 8.88. The second-order valence-corrected chi connectivity index (χ2v) is 4.81. The van der Waals surface area contributed by atoms with Gasteiger partial charge in [-0.2, -0.15) is 0 Å². The highest BCUT2D eigenvalue weighted by atomic mass is 16.5. The molecule has 0 aliphatic carbocycles. The molecule has 1 heterocycles. The van der Waals surface area contributed by atoms with Crippen LogP contribution in [-0.4, -0.2) is 32.8 Å². The minimum absolute atomic E-state index is 0.707. The maximum absolute atomic E-state index is 5.77. The van der Waals surface area contributed by atoms with E-state index in [0.29, 0.717) is 6.61 Å². The number of ether oxygens (including phenoxy) is 2. The molecule has 1 aromatic carbocycles. The molecule has 3 heteroatoms. The highest BCUT2D eigenvalue weighted by Gasteiger charge is 2.12. The molecule has 100 valence electrons. The van der Waals surface area contributed by atoms with Gasteiger partial charge in [0.1, 0.15) is 24.7 Å². The Bertz CT molecular complexity index is 331. The molecule has 0 spiro atoms. The lowest BCUT2D eigenvalue weighted by Gasteiger charge is -2.23. The lowest BCUT2D eigenvalue weighted by Crippen LogP contribution is -3.13. The summed E-state index contributed by atoms with van der Waals surface area (Å²) in [5.74, 6) is 1.85. The molecule has 0 unspecified atom stereocenters. The summed E-state index contributed by atoms with van der Waals surface area (Å²) in [5.41, 5.74) is 0. The molecule has 18 heavy (non-hydrogen) atoms. The molecule has 1 N–H and O–H groups in total. The molecule has 0 atom stereocenters. The van der Waals surface area contributed by atoms with Gasteiger partial charge in [-0.05, 0) is 50.5 Å². The number of nitrogens with one attached hydrogen (secondary N) is 1. The van der Waals surface area contributed by atoms with E-state index in [0.717, 1.165) is 24.7 Å². The summed E-state index contributed by atoms with van der Waals surface area (Å²) >= 11 is 0. The number of likely N-dealkylation sites (tertiary alicyclic amines) is 1. The fraction of sp³-hybridized carbons (Fsp3) is 0.600. The Morgan fingerprint density at radius 3 is 2.17 bits per heavy atom. The number of rotatable bonds is 6. The van der Waals surface area contributed by atoms with Crippen LogP contribution < -0.4 is 14.4 Å². The zero-order chi connectivity index (χ0) is 12.6. The Hall–Kier alpha value is -1.22. The smallest absolute Gasteiger partial charge is 0.137 e. The standard InChI is InChI=1S/C15H23NO2/c1-2-17-14-6-8-15(9-7-14)18-13-12-16-10-4-3-5-11-16/h6-9H,2-5,10-13H2,1H3/p+1. The van der Waals surface area contributed by atoms with Crippen molar-refractivity contribution < 1.29 is 14.4 Å². The molecule has 2 rings (SSSR count). The average molecular weight is 250 g/mol. The summed E-state index contributed by atoms with van der Waals surface area (Å²) in [6, 6.07) is 7.90. The Balaban J connectivity index is 1.69. The fourth-order valence-corrected chi connectivity index (χ4v) is 2.41. The first-order valence-electron chi connectivity index (χ1n) is 7.07. The first kappa shape index (κ1) is 13.2. The minimum atomic E-state index is 0.707. The van der Waals surface area contributed by atoms with Gasteiger partial charge in [-0.3, -0.25) is 0 Å². The summed E-state index contributed by atoms with van der Waals surface area (Å²) < 4.78 is 11.2. The van der Waals surface area contributed by atoms with E-state index >= 15 is 0 Å². The van der Waals surface area contributed by atoms with E-state index in [2.05, 4.69) is 0 Å². The van der Waals surface area contributed by atoms with Crippen molar-refractivity contribution in [2.24, 2.45) is 0 Å². The van der Waals surface area contributed by atoms with Gasteiger partial charge in [-0.1, -0.05) is 0 Å². The van der Waals surface area contributed by atoms with Crippen molar-refractivity contribution in [3.8, 4) is 11.5 Å². The van der Waals surface area contributed by atoms with Crippen molar-refractivity contribution in [2.75, 3.05) is 32.8 Å². The monoisotopic (exact) mass is 250 g/mol. The summed E-state index contributed by atoms with van der Waals surface area (Å²) in [4.78, 5) is 1.69. The van der Waals surface area contributed by atoms with Gasteiger partial charge in [0.05, 0.1) is 19.7 Å². The number of hydrogen-bond donors (Lipinski definition) is 1. The van der Waals surface area contributed by atoms with E-state index in [1.807, 2.05) is 31.2 Å². The van der Waals surface area contributed by atoms with Crippen LogP contribution in [0, 0.1) is 0 Å². The topological polar surface area (TPSA) is 22.9 Å².